The molecule has 0 saturated heterocycles. The molecule has 1 heterocycles. The van der Waals surface area contributed by atoms with Gasteiger partial charge in [-0.05, 0) is 61.3 Å². The fraction of sp³-hybridized carbons (Fsp3) is 0.571. The van der Waals surface area contributed by atoms with E-state index in [1.807, 2.05) is 12.1 Å². The molecule has 27 heavy (non-hydrogen) atoms. The Bertz CT molecular complexity index is 718. The molecule has 0 aliphatic heterocycles. The lowest BCUT2D eigenvalue weighted by molar-refractivity contribution is -0.124. The molecule has 0 atom stereocenters. The van der Waals surface area contributed by atoms with Gasteiger partial charge in [0.05, 0.1) is 0 Å². The zero-order valence-corrected chi connectivity index (χ0v) is 16.4. The maximum Gasteiger partial charge on any atom is 0.258 e. The number of ether oxygens (including phenoxy) is 1. The van der Waals surface area contributed by atoms with Crippen molar-refractivity contribution in [3.63, 3.8) is 0 Å². The van der Waals surface area contributed by atoms with Gasteiger partial charge in [0.25, 0.3) is 5.91 Å². The van der Waals surface area contributed by atoms with Crippen LogP contribution < -0.4 is 10.1 Å². The maximum absolute atomic E-state index is 12.2. The Morgan fingerprint density at radius 3 is 2.52 bits per heavy atom. The van der Waals surface area contributed by atoms with E-state index >= 15 is 0 Å². The first kappa shape index (κ1) is 19.4. The third-order valence-corrected chi connectivity index (χ3v) is 5.94. The van der Waals surface area contributed by atoms with Gasteiger partial charge >= 0.3 is 0 Å². The molecule has 1 N–H and O–H groups in total. The van der Waals surface area contributed by atoms with Gasteiger partial charge in [0.2, 0.25) is 12.3 Å². The van der Waals surface area contributed by atoms with Crippen LogP contribution in [0, 0.1) is 11.3 Å². The molecule has 6 heteroatoms. The van der Waals surface area contributed by atoms with Crippen LogP contribution in [0.3, 0.4) is 0 Å². The van der Waals surface area contributed by atoms with Crippen molar-refractivity contribution in [3.8, 4) is 17.2 Å². The minimum Gasteiger partial charge on any atom is -0.484 e. The van der Waals surface area contributed by atoms with Gasteiger partial charge < -0.3 is 14.5 Å². The second kappa shape index (κ2) is 8.55. The second-order valence-electron chi connectivity index (χ2n) is 8.02. The normalized spacial score (nSPS) is 20.3. The first-order chi connectivity index (χ1) is 13.0. The maximum atomic E-state index is 12.2. The van der Waals surface area contributed by atoms with Gasteiger partial charge in [0, 0.05) is 11.6 Å². The molecule has 0 unspecified atom stereocenters. The largest absolute Gasteiger partial charge is 0.484 e. The van der Waals surface area contributed by atoms with Crippen molar-refractivity contribution in [2.45, 2.75) is 58.9 Å². The van der Waals surface area contributed by atoms with Crippen molar-refractivity contribution < 1.29 is 13.9 Å². The van der Waals surface area contributed by atoms with Crippen LogP contribution in [0.1, 0.15) is 52.9 Å². The Morgan fingerprint density at radius 2 is 1.93 bits per heavy atom. The average molecular weight is 371 g/mol. The molecule has 0 radical (unpaired) electrons. The average Bonchev–Trinajstić information content (AvgIpc) is 3.22. The third-order valence-electron chi connectivity index (χ3n) is 5.94. The Labute approximate surface area is 160 Å². The number of nitrogens with zero attached hydrogens (tertiary/aromatic N) is 2. The second-order valence-corrected chi connectivity index (χ2v) is 8.02. The minimum absolute atomic E-state index is 0.0281. The molecule has 6 nitrogen and oxygen atoms in total. The Morgan fingerprint density at radius 1 is 1.22 bits per heavy atom. The molecule has 1 aromatic heterocycles. The van der Waals surface area contributed by atoms with Crippen molar-refractivity contribution in [3.05, 3.63) is 30.7 Å². The highest BCUT2D eigenvalue weighted by molar-refractivity contribution is 5.77. The van der Waals surface area contributed by atoms with Gasteiger partial charge in [-0.15, -0.1) is 10.2 Å². The van der Waals surface area contributed by atoms with E-state index in [9.17, 15) is 4.79 Å². The molecular formula is C21H29N3O3. The van der Waals surface area contributed by atoms with E-state index in [1.54, 1.807) is 12.1 Å². The zero-order valence-electron chi connectivity index (χ0n) is 16.4. The molecule has 0 spiro atoms. The van der Waals surface area contributed by atoms with Gasteiger partial charge in [-0.2, -0.15) is 0 Å². The topological polar surface area (TPSA) is 77.2 Å². The number of rotatable bonds is 7. The quantitative estimate of drug-likeness (QED) is 0.788. The number of carbonyl (C=O) groups is 1. The van der Waals surface area contributed by atoms with Crippen molar-refractivity contribution >= 4 is 5.91 Å². The standard InChI is InChI=1S/C21H29N3O3/c1-4-21(2,3)16-7-9-17(10-8-16)23-19(25)13-26-18-11-5-15(6-12-18)20-24-22-14-27-20/h5-6,11-12,14,16-17H,4,7-10,13H2,1-3H3,(H,23,25). The summed E-state index contributed by atoms with van der Waals surface area (Å²) in [6, 6.07) is 7.52. The lowest BCUT2D eigenvalue weighted by Gasteiger charge is -2.39. The minimum atomic E-state index is -0.0609. The number of hydrogen-bond acceptors (Lipinski definition) is 5. The van der Waals surface area contributed by atoms with E-state index in [-0.39, 0.29) is 18.6 Å². The van der Waals surface area contributed by atoms with Gasteiger partial charge in [-0.25, -0.2) is 0 Å². The number of nitrogens with one attached hydrogen (secondary N) is 1. The van der Waals surface area contributed by atoms with Crippen LogP contribution in [0.5, 0.6) is 5.75 Å². The predicted molar refractivity (Wildman–Crippen MR) is 103 cm³/mol. The van der Waals surface area contributed by atoms with E-state index in [0.29, 0.717) is 17.1 Å². The number of benzene rings is 1. The summed E-state index contributed by atoms with van der Waals surface area (Å²) in [5.74, 6) is 1.79. The lowest BCUT2D eigenvalue weighted by Crippen LogP contribution is -2.41. The summed E-state index contributed by atoms with van der Waals surface area (Å²) in [5, 5.41) is 10.6. The molecule has 1 amide bonds. The first-order valence-corrected chi connectivity index (χ1v) is 9.76. The summed E-state index contributed by atoms with van der Waals surface area (Å²) in [7, 11) is 0. The van der Waals surface area contributed by atoms with Gasteiger partial charge in [-0.1, -0.05) is 27.2 Å². The number of amides is 1. The highest BCUT2D eigenvalue weighted by atomic mass is 16.5. The summed E-state index contributed by atoms with van der Waals surface area (Å²) in [5.41, 5.74) is 1.21. The van der Waals surface area contributed by atoms with Gasteiger partial charge in [0.15, 0.2) is 6.61 Å². The summed E-state index contributed by atoms with van der Waals surface area (Å²) < 4.78 is 10.7. The predicted octanol–water partition coefficient (Wildman–Crippen LogP) is 4.23. The number of aromatic nitrogens is 2. The van der Waals surface area contributed by atoms with Crippen LogP contribution in [-0.4, -0.2) is 28.8 Å². The van der Waals surface area contributed by atoms with Crippen LogP contribution in [0.15, 0.2) is 35.1 Å². The fourth-order valence-corrected chi connectivity index (χ4v) is 3.72. The SMILES string of the molecule is CCC(C)(C)C1CCC(NC(=O)COc2ccc(-c3nnco3)cc2)CC1. The third kappa shape index (κ3) is 5.08. The van der Waals surface area contributed by atoms with E-state index in [2.05, 4.69) is 36.3 Å². The molecule has 1 aliphatic rings. The zero-order chi connectivity index (χ0) is 19.3. The molecule has 1 saturated carbocycles. The number of carbonyl (C=O) groups excluding carboxylic acids is 1. The number of hydrogen-bond donors (Lipinski definition) is 1. The molecule has 146 valence electrons. The molecule has 0 bridgehead atoms. The van der Waals surface area contributed by atoms with Gasteiger partial charge in [0.1, 0.15) is 5.75 Å². The molecule has 1 aliphatic carbocycles. The summed E-state index contributed by atoms with van der Waals surface area (Å²) in [6.45, 7) is 7.00. The first-order valence-electron chi connectivity index (χ1n) is 9.76. The van der Waals surface area contributed by atoms with Crippen LogP contribution in [0.4, 0.5) is 0 Å². The van der Waals surface area contributed by atoms with Crippen LogP contribution >= 0.6 is 0 Å². The summed E-state index contributed by atoms with van der Waals surface area (Å²) >= 11 is 0. The Kier molecular flexibility index (Phi) is 6.14. The van der Waals surface area contributed by atoms with E-state index < -0.39 is 0 Å². The van der Waals surface area contributed by atoms with Crippen LogP contribution in [0.25, 0.3) is 11.5 Å². The van der Waals surface area contributed by atoms with Crippen molar-refractivity contribution in [2.75, 3.05) is 6.61 Å². The van der Waals surface area contributed by atoms with Gasteiger partial charge in [-0.3, -0.25) is 4.79 Å². The summed E-state index contributed by atoms with van der Waals surface area (Å²) in [4.78, 5) is 12.2. The smallest absolute Gasteiger partial charge is 0.258 e. The lowest BCUT2D eigenvalue weighted by atomic mass is 9.69. The Hall–Kier alpha value is -2.37. The van der Waals surface area contributed by atoms with Crippen molar-refractivity contribution in [1.82, 2.24) is 15.5 Å². The molecule has 1 aromatic carbocycles. The summed E-state index contributed by atoms with van der Waals surface area (Å²) in [6.07, 6.45) is 6.97. The highest BCUT2D eigenvalue weighted by Crippen LogP contribution is 2.40. The molecule has 1 fully saturated rings. The van der Waals surface area contributed by atoms with E-state index in [1.165, 1.54) is 25.7 Å². The highest BCUT2D eigenvalue weighted by Gasteiger charge is 2.32. The molecule has 3 rings (SSSR count). The fourth-order valence-electron chi connectivity index (χ4n) is 3.72. The van der Waals surface area contributed by atoms with Crippen molar-refractivity contribution in [1.29, 1.82) is 0 Å². The van der Waals surface area contributed by atoms with E-state index in [0.717, 1.165) is 24.3 Å². The molecule has 2 aromatic rings. The van der Waals surface area contributed by atoms with E-state index in [4.69, 9.17) is 9.15 Å². The molecular weight excluding hydrogens is 342 g/mol. The monoisotopic (exact) mass is 371 g/mol. The Balaban J connectivity index is 1.41. The van der Waals surface area contributed by atoms with Crippen molar-refractivity contribution in [2.24, 2.45) is 11.3 Å². The van der Waals surface area contributed by atoms with Crippen LogP contribution in [-0.2, 0) is 4.79 Å². The van der Waals surface area contributed by atoms with Crippen LogP contribution in [0.2, 0.25) is 0 Å².